The van der Waals surface area contributed by atoms with Crippen LogP contribution in [0.5, 0.6) is 0 Å². The molecule has 49 heavy (non-hydrogen) atoms. The van der Waals surface area contributed by atoms with Crippen molar-refractivity contribution in [1.82, 2.24) is 15.0 Å². The largest absolute Gasteiger partial charge is 0.460 e. The molecule has 266 valence electrons. The van der Waals surface area contributed by atoms with Crippen molar-refractivity contribution < 1.29 is 36.0 Å². The van der Waals surface area contributed by atoms with Gasteiger partial charge in [0, 0.05) is 36.1 Å². The monoisotopic (exact) mass is 733 g/mol. The summed E-state index contributed by atoms with van der Waals surface area (Å²) in [5.74, 6) is -3.34. The topological polar surface area (TPSA) is 166 Å². The number of ketones is 1. The molecule has 0 bridgehead atoms. The Morgan fingerprint density at radius 1 is 0.939 bits per heavy atom. The molecule has 0 aliphatic carbocycles. The highest BCUT2D eigenvalue weighted by Gasteiger charge is 2.33. The van der Waals surface area contributed by atoms with Crippen LogP contribution in [0.15, 0.2) is 76.0 Å². The predicted octanol–water partition coefficient (Wildman–Crippen LogP) is 5.01. The Morgan fingerprint density at radius 2 is 1.57 bits per heavy atom. The van der Waals surface area contributed by atoms with Crippen LogP contribution in [-0.2, 0) is 45.4 Å². The second kappa shape index (κ2) is 16.4. The minimum atomic E-state index is -4.17. The van der Waals surface area contributed by atoms with E-state index in [1.165, 1.54) is 12.1 Å². The number of hydrogen-bond donors (Lipinski definition) is 2. The van der Waals surface area contributed by atoms with Crippen LogP contribution in [0.25, 0.3) is 10.9 Å². The van der Waals surface area contributed by atoms with E-state index in [-0.39, 0.29) is 17.7 Å². The standard InChI is InChI=1S/C35H44ClN3O8S2/c1-22(2)28(34(42)38-26(19-32(36)48(7,43)44)20-33(41)47-35(4,5)6)21-31(40)30(39-49(45,46)27-16-12-23(3)13-17-27)18-25-15-14-24-10-8-9-11-29(24)37-25/h8-17,19,22,26,28,30,39H,18,20-21H2,1-7H3,(H,38,42)/b32-19+/t26-,28+,30+/m1/s1. The van der Waals surface area contributed by atoms with Gasteiger partial charge in [-0.1, -0.05) is 67.4 Å². The number of para-hydroxylation sites is 1. The quantitative estimate of drug-likeness (QED) is 0.204. The van der Waals surface area contributed by atoms with Gasteiger partial charge in [0.1, 0.15) is 9.97 Å². The van der Waals surface area contributed by atoms with Crippen LogP contribution in [0.4, 0.5) is 0 Å². The maximum atomic E-state index is 14.0. The Balaban J connectivity index is 1.93. The average molecular weight is 734 g/mol. The van der Waals surface area contributed by atoms with E-state index >= 15 is 0 Å². The van der Waals surface area contributed by atoms with E-state index < -0.39 is 77.8 Å². The molecule has 2 aromatic carbocycles. The van der Waals surface area contributed by atoms with E-state index in [0.717, 1.165) is 23.3 Å². The Bertz CT molecular complexity index is 1920. The van der Waals surface area contributed by atoms with Crippen molar-refractivity contribution in [3.8, 4) is 0 Å². The molecular weight excluding hydrogens is 690 g/mol. The molecule has 3 atom stereocenters. The van der Waals surface area contributed by atoms with Gasteiger partial charge in [-0.05, 0) is 64.0 Å². The van der Waals surface area contributed by atoms with Gasteiger partial charge in [0.2, 0.25) is 15.9 Å². The number of aromatic nitrogens is 1. The molecule has 0 saturated heterocycles. The third kappa shape index (κ3) is 12.3. The summed E-state index contributed by atoms with van der Waals surface area (Å²) in [5, 5.41) is 3.52. The van der Waals surface area contributed by atoms with Gasteiger partial charge in [0.05, 0.1) is 28.9 Å². The first kappa shape index (κ1) is 39.8. The molecular formula is C35H44ClN3O8S2. The highest BCUT2D eigenvalue weighted by molar-refractivity contribution is 7.96. The number of halogens is 1. The number of nitrogens with zero attached hydrogens (tertiary/aromatic N) is 1. The zero-order valence-electron chi connectivity index (χ0n) is 28.7. The number of pyridine rings is 1. The number of rotatable bonds is 15. The van der Waals surface area contributed by atoms with E-state index in [0.29, 0.717) is 11.2 Å². The Morgan fingerprint density at radius 3 is 2.16 bits per heavy atom. The summed E-state index contributed by atoms with van der Waals surface area (Å²) in [6.45, 7) is 10.2. The third-order valence-corrected chi connectivity index (χ3v) is 10.8. The molecule has 1 heterocycles. The third-order valence-electron chi connectivity index (χ3n) is 7.47. The van der Waals surface area contributed by atoms with Crippen molar-refractivity contribution in [2.45, 2.75) is 83.4 Å². The molecule has 0 radical (unpaired) electrons. The molecule has 0 aliphatic rings. The number of sulfone groups is 1. The fraction of sp³-hybridized carbons (Fsp3) is 0.429. The lowest BCUT2D eigenvalue weighted by Crippen LogP contribution is -2.46. The molecule has 3 rings (SSSR count). The summed E-state index contributed by atoms with van der Waals surface area (Å²) in [4.78, 5) is 45.0. The lowest BCUT2D eigenvalue weighted by molar-refractivity contribution is -0.155. The molecule has 0 aliphatic heterocycles. The van der Waals surface area contributed by atoms with Gasteiger partial charge in [-0.25, -0.2) is 21.6 Å². The van der Waals surface area contributed by atoms with Gasteiger partial charge in [-0.2, -0.15) is 0 Å². The lowest BCUT2D eigenvalue weighted by atomic mass is 9.87. The second-order valence-corrected chi connectivity index (χ2v) is 17.7. The molecule has 3 aromatic rings. The van der Waals surface area contributed by atoms with Crippen molar-refractivity contribution in [3.05, 3.63) is 82.4 Å². The molecule has 11 nitrogen and oxygen atoms in total. The van der Waals surface area contributed by atoms with Crippen molar-refractivity contribution in [1.29, 1.82) is 0 Å². The van der Waals surface area contributed by atoms with Gasteiger partial charge in [-0.3, -0.25) is 19.4 Å². The number of amides is 1. The zero-order chi connectivity index (χ0) is 36.7. The van der Waals surface area contributed by atoms with Crippen molar-refractivity contribution in [3.63, 3.8) is 0 Å². The summed E-state index contributed by atoms with van der Waals surface area (Å²) in [6, 6.07) is 14.6. The number of sulfonamides is 1. The van der Waals surface area contributed by atoms with Crippen LogP contribution in [0.2, 0.25) is 0 Å². The minimum Gasteiger partial charge on any atom is -0.460 e. The Kier molecular flexibility index (Phi) is 13.3. The molecule has 0 fully saturated rings. The van der Waals surface area contributed by atoms with E-state index in [9.17, 15) is 31.2 Å². The molecule has 0 unspecified atom stereocenters. The van der Waals surface area contributed by atoms with Gasteiger partial charge in [0.15, 0.2) is 15.6 Å². The first-order valence-corrected chi connectivity index (χ1v) is 19.5. The van der Waals surface area contributed by atoms with Crippen molar-refractivity contribution >= 4 is 60.0 Å². The smallest absolute Gasteiger partial charge is 0.308 e. The number of Topliss-reactive ketones (excluding diaryl/α,β-unsaturated/α-hetero) is 1. The Labute approximate surface area is 293 Å². The number of ether oxygens (including phenoxy) is 1. The maximum absolute atomic E-state index is 14.0. The molecule has 14 heteroatoms. The van der Waals surface area contributed by atoms with E-state index in [1.54, 1.807) is 52.8 Å². The first-order chi connectivity index (χ1) is 22.6. The second-order valence-electron chi connectivity index (χ2n) is 13.4. The number of fused-ring (bicyclic) bond motifs is 1. The van der Waals surface area contributed by atoms with E-state index in [1.807, 2.05) is 37.3 Å². The number of nitrogens with one attached hydrogen (secondary N) is 2. The van der Waals surface area contributed by atoms with Gasteiger partial charge in [-0.15, -0.1) is 0 Å². The minimum absolute atomic E-state index is 0.0277. The summed E-state index contributed by atoms with van der Waals surface area (Å²) in [7, 11) is -8.02. The van der Waals surface area contributed by atoms with Crippen LogP contribution in [-0.4, -0.2) is 63.4 Å². The highest BCUT2D eigenvalue weighted by Crippen LogP contribution is 2.22. The van der Waals surface area contributed by atoms with Gasteiger partial charge >= 0.3 is 5.97 Å². The summed E-state index contributed by atoms with van der Waals surface area (Å²) in [5.41, 5.74) is 1.15. The molecule has 0 saturated carbocycles. The van der Waals surface area contributed by atoms with Crippen molar-refractivity contribution in [2.75, 3.05) is 6.26 Å². The van der Waals surface area contributed by atoms with E-state index in [2.05, 4.69) is 15.0 Å². The lowest BCUT2D eigenvalue weighted by Gasteiger charge is -2.26. The average Bonchev–Trinajstić information content (AvgIpc) is 2.97. The normalized spacial score (nSPS) is 14.7. The number of hydrogen-bond acceptors (Lipinski definition) is 9. The van der Waals surface area contributed by atoms with Gasteiger partial charge in [0.25, 0.3) is 0 Å². The highest BCUT2D eigenvalue weighted by atomic mass is 35.5. The van der Waals surface area contributed by atoms with Crippen LogP contribution in [0.3, 0.4) is 0 Å². The fourth-order valence-electron chi connectivity index (χ4n) is 4.90. The molecule has 1 amide bonds. The van der Waals surface area contributed by atoms with Crippen molar-refractivity contribution in [2.24, 2.45) is 11.8 Å². The molecule has 0 spiro atoms. The summed E-state index contributed by atoms with van der Waals surface area (Å²) in [6.07, 6.45) is 1.04. The van der Waals surface area contributed by atoms with Crippen LogP contribution in [0.1, 0.15) is 58.7 Å². The predicted molar refractivity (Wildman–Crippen MR) is 190 cm³/mol. The zero-order valence-corrected chi connectivity index (χ0v) is 31.1. The van der Waals surface area contributed by atoms with Crippen LogP contribution < -0.4 is 10.0 Å². The first-order valence-electron chi connectivity index (χ1n) is 15.7. The van der Waals surface area contributed by atoms with Crippen LogP contribution in [0, 0.1) is 18.8 Å². The summed E-state index contributed by atoms with van der Waals surface area (Å²) < 4.78 is 58.4. The number of carbonyl (C=O) groups is 3. The number of carbonyl (C=O) groups excluding carboxylic acids is 3. The maximum Gasteiger partial charge on any atom is 0.308 e. The number of benzene rings is 2. The van der Waals surface area contributed by atoms with E-state index in [4.69, 9.17) is 16.3 Å². The number of aryl methyl sites for hydroxylation is 1. The summed E-state index contributed by atoms with van der Waals surface area (Å²) >= 11 is 6.00. The van der Waals surface area contributed by atoms with Crippen LogP contribution >= 0.6 is 11.6 Å². The fourth-order valence-corrected chi connectivity index (χ4v) is 6.68. The molecule has 2 N–H and O–H groups in total. The Hall–Kier alpha value is -3.65. The number of esters is 1. The van der Waals surface area contributed by atoms with Gasteiger partial charge < -0.3 is 10.1 Å². The SMILES string of the molecule is Cc1ccc(S(=O)(=O)N[C@@H](Cc2ccc3ccccc3n2)C(=O)C[C@H](C(=O)N[C@H](/C=C(\Cl)S(C)(=O)=O)CC(=O)OC(C)(C)C)C(C)C)cc1. The molecule has 1 aromatic heterocycles.